The van der Waals surface area contributed by atoms with Crippen molar-refractivity contribution in [2.45, 2.75) is 32.3 Å². The molecule has 5 heteroatoms. The van der Waals surface area contributed by atoms with Crippen molar-refractivity contribution >= 4 is 33.6 Å². The van der Waals surface area contributed by atoms with Crippen LogP contribution in [-0.4, -0.2) is 35.0 Å². The summed E-state index contributed by atoms with van der Waals surface area (Å²) in [7, 11) is 0. The standard InChI is InChI=1S/C16H21BrClNO2/c1-16(2,3)21-15(20)19-9-12(8-17)14(10-19)11-5-4-6-13(18)7-11/h4-7,12,14H,8-10H2,1-3H3/t12-,14+/m1/s1. The van der Waals surface area contributed by atoms with E-state index in [0.717, 1.165) is 10.4 Å². The van der Waals surface area contributed by atoms with Gasteiger partial charge in [-0.3, -0.25) is 0 Å². The van der Waals surface area contributed by atoms with Crippen molar-refractivity contribution in [1.29, 1.82) is 0 Å². The number of rotatable bonds is 2. The fourth-order valence-corrected chi connectivity index (χ4v) is 3.47. The number of alkyl halides is 1. The highest BCUT2D eigenvalue weighted by Gasteiger charge is 2.37. The maximum absolute atomic E-state index is 12.2. The monoisotopic (exact) mass is 373 g/mol. The second-order valence-electron chi connectivity index (χ2n) is 6.46. The zero-order valence-corrected chi connectivity index (χ0v) is 14.9. The number of benzene rings is 1. The first-order valence-corrected chi connectivity index (χ1v) is 8.59. The van der Waals surface area contributed by atoms with Crippen LogP contribution in [0.5, 0.6) is 0 Å². The van der Waals surface area contributed by atoms with Crippen LogP contribution in [0.2, 0.25) is 5.02 Å². The van der Waals surface area contributed by atoms with E-state index < -0.39 is 5.60 Å². The second-order valence-corrected chi connectivity index (χ2v) is 7.55. The summed E-state index contributed by atoms with van der Waals surface area (Å²) in [5, 5.41) is 1.58. The van der Waals surface area contributed by atoms with Gasteiger partial charge in [-0.25, -0.2) is 4.79 Å². The lowest BCUT2D eigenvalue weighted by atomic mass is 9.90. The van der Waals surface area contributed by atoms with Crippen molar-refractivity contribution < 1.29 is 9.53 Å². The van der Waals surface area contributed by atoms with Crippen LogP contribution >= 0.6 is 27.5 Å². The number of amides is 1. The molecule has 1 aromatic carbocycles. The van der Waals surface area contributed by atoms with Crippen molar-refractivity contribution in [3.05, 3.63) is 34.9 Å². The van der Waals surface area contributed by atoms with Crippen LogP contribution in [0, 0.1) is 5.92 Å². The van der Waals surface area contributed by atoms with Gasteiger partial charge in [0.25, 0.3) is 0 Å². The minimum Gasteiger partial charge on any atom is -0.444 e. The van der Waals surface area contributed by atoms with Gasteiger partial charge in [-0.1, -0.05) is 39.7 Å². The molecule has 1 heterocycles. The topological polar surface area (TPSA) is 29.5 Å². The molecule has 1 fully saturated rings. The number of likely N-dealkylation sites (tertiary alicyclic amines) is 1. The lowest BCUT2D eigenvalue weighted by molar-refractivity contribution is 0.0288. The molecule has 1 amide bonds. The number of hydrogen-bond donors (Lipinski definition) is 0. The van der Waals surface area contributed by atoms with Gasteiger partial charge in [-0.2, -0.15) is 0 Å². The minimum atomic E-state index is -0.463. The molecule has 2 atom stereocenters. The molecule has 0 unspecified atom stereocenters. The smallest absolute Gasteiger partial charge is 0.410 e. The Hall–Kier alpha value is -0.740. The van der Waals surface area contributed by atoms with Gasteiger partial charge in [0.05, 0.1) is 0 Å². The molecule has 2 rings (SSSR count). The average Bonchev–Trinajstić information content (AvgIpc) is 2.81. The van der Waals surface area contributed by atoms with E-state index in [0.29, 0.717) is 19.0 Å². The van der Waals surface area contributed by atoms with Crippen LogP contribution in [0.1, 0.15) is 32.3 Å². The third-order valence-corrected chi connectivity index (χ3v) is 4.63. The van der Waals surface area contributed by atoms with E-state index in [1.165, 1.54) is 5.56 Å². The summed E-state index contributed by atoms with van der Waals surface area (Å²) in [4.78, 5) is 14.0. The minimum absolute atomic E-state index is 0.238. The third-order valence-electron chi connectivity index (χ3n) is 3.57. The molecule has 3 nitrogen and oxygen atoms in total. The van der Waals surface area contributed by atoms with Gasteiger partial charge >= 0.3 is 6.09 Å². The fraction of sp³-hybridized carbons (Fsp3) is 0.562. The van der Waals surface area contributed by atoms with Crippen LogP contribution in [0.25, 0.3) is 0 Å². The highest BCUT2D eigenvalue weighted by molar-refractivity contribution is 9.09. The van der Waals surface area contributed by atoms with Gasteiger partial charge in [0, 0.05) is 29.4 Å². The summed E-state index contributed by atoms with van der Waals surface area (Å²) in [6.45, 7) is 7.04. The zero-order valence-electron chi connectivity index (χ0n) is 12.6. The zero-order chi connectivity index (χ0) is 15.6. The molecule has 0 bridgehead atoms. The van der Waals surface area contributed by atoms with Crippen LogP contribution in [0.4, 0.5) is 4.79 Å². The average molecular weight is 375 g/mol. The number of carbonyl (C=O) groups excluding carboxylic acids is 1. The molecule has 0 N–H and O–H groups in total. The first-order valence-electron chi connectivity index (χ1n) is 7.09. The van der Waals surface area contributed by atoms with Crippen LogP contribution in [0.15, 0.2) is 24.3 Å². The highest BCUT2D eigenvalue weighted by atomic mass is 79.9. The Balaban J connectivity index is 2.12. The molecule has 0 saturated carbocycles. The van der Waals surface area contributed by atoms with E-state index in [9.17, 15) is 4.79 Å². The maximum Gasteiger partial charge on any atom is 0.410 e. The molecule has 21 heavy (non-hydrogen) atoms. The van der Waals surface area contributed by atoms with E-state index in [-0.39, 0.29) is 12.0 Å². The number of ether oxygens (including phenoxy) is 1. The van der Waals surface area contributed by atoms with E-state index in [1.54, 1.807) is 4.90 Å². The third kappa shape index (κ3) is 4.36. The van der Waals surface area contributed by atoms with Gasteiger partial charge in [0.15, 0.2) is 0 Å². The van der Waals surface area contributed by atoms with Gasteiger partial charge in [-0.05, 0) is 44.4 Å². The number of hydrogen-bond acceptors (Lipinski definition) is 2. The van der Waals surface area contributed by atoms with Gasteiger partial charge < -0.3 is 9.64 Å². The van der Waals surface area contributed by atoms with Crippen molar-refractivity contribution in [2.75, 3.05) is 18.4 Å². The Morgan fingerprint density at radius 1 is 1.43 bits per heavy atom. The Kier molecular flexibility index (Phi) is 5.20. The summed E-state index contributed by atoms with van der Waals surface area (Å²) in [5.74, 6) is 0.659. The number of halogens is 2. The van der Waals surface area contributed by atoms with Crippen LogP contribution in [0.3, 0.4) is 0 Å². The normalized spacial score (nSPS) is 22.4. The molecule has 1 aromatic rings. The SMILES string of the molecule is CC(C)(C)OC(=O)N1C[C@@H](CBr)[C@H](c2cccc(Cl)c2)C1. The first kappa shape index (κ1) is 16.6. The van der Waals surface area contributed by atoms with E-state index in [2.05, 4.69) is 22.0 Å². The highest BCUT2D eigenvalue weighted by Crippen LogP contribution is 2.35. The molecule has 1 aliphatic heterocycles. The number of nitrogens with zero attached hydrogens (tertiary/aromatic N) is 1. The molecule has 0 radical (unpaired) electrons. The predicted octanol–water partition coefficient (Wildman–Crippen LogP) is 4.69. The second kappa shape index (κ2) is 6.57. The summed E-state index contributed by atoms with van der Waals surface area (Å²) in [6, 6.07) is 7.89. The Labute approximate surface area is 139 Å². The molecule has 0 spiro atoms. The first-order chi connectivity index (χ1) is 9.80. The quantitative estimate of drug-likeness (QED) is 0.703. The summed E-state index contributed by atoms with van der Waals surface area (Å²) >= 11 is 9.64. The molecule has 0 aliphatic carbocycles. The summed E-state index contributed by atoms with van der Waals surface area (Å²) < 4.78 is 5.47. The van der Waals surface area contributed by atoms with Crippen LogP contribution in [-0.2, 0) is 4.74 Å². The molecule has 0 aromatic heterocycles. The fourth-order valence-electron chi connectivity index (χ4n) is 2.62. The Morgan fingerprint density at radius 2 is 2.14 bits per heavy atom. The lowest BCUT2D eigenvalue weighted by Gasteiger charge is -2.24. The van der Waals surface area contributed by atoms with Gasteiger partial charge in [0.2, 0.25) is 0 Å². The van der Waals surface area contributed by atoms with Crippen molar-refractivity contribution in [1.82, 2.24) is 4.90 Å². The van der Waals surface area contributed by atoms with Crippen molar-refractivity contribution in [2.24, 2.45) is 5.92 Å². The van der Waals surface area contributed by atoms with E-state index in [4.69, 9.17) is 16.3 Å². The maximum atomic E-state index is 12.2. The molecule has 1 saturated heterocycles. The van der Waals surface area contributed by atoms with E-state index >= 15 is 0 Å². The molecular formula is C16H21BrClNO2. The Bertz CT molecular complexity index is 515. The number of carbonyl (C=O) groups is 1. The molecule has 1 aliphatic rings. The summed E-state index contributed by atoms with van der Waals surface area (Å²) in [5.41, 5.74) is 0.716. The predicted molar refractivity (Wildman–Crippen MR) is 89.3 cm³/mol. The lowest BCUT2D eigenvalue weighted by Crippen LogP contribution is -2.35. The van der Waals surface area contributed by atoms with E-state index in [1.807, 2.05) is 39.0 Å². The molecular weight excluding hydrogens is 354 g/mol. The van der Waals surface area contributed by atoms with Gasteiger partial charge in [0.1, 0.15) is 5.60 Å². The molecule has 116 valence electrons. The van der Waals surface area contributed by atoms with Crippen molar-refractivity contribution in [3.63, 3.8) is 0 Å². The largest absolute Gasteiger partial charge is 0.444 e. The van der Waals surface area contributed by atoms with Gasteiger partial charge in [-0.15, -0.1) is 0 Å². The van der Waals surface area contributed by atoms with Crippen LogP contribution < -0.4 is 0 Å². The van der Waals surface area contributed by atoms with Crippen molar-refractivity contribution in [3.8, 4) is 0 Å². The Morgan fingerprint density at radius 3 is 2.71 bits per heavy atom. The summed E-state index contributed by atoms with van der Waals surface area (Å²) in [6.07, 6.45) is -0.238.